The predicted molar refractivity (Wildman–Crippen MR) is 93.2 cm³/mol. The Bertz CT molecular complexity index is 924. The molecule has 0 radical (unpaired) electrons. The number of fused-ring (bicyclic) bond motifs is 1. The Kier molecular flexibility index (Phi) is 5.64. The van der Waals surface area contributed by atoms with Gasteiger partial charge >= 0.3 is 5.97 Å². The molecule has 2 aromatic carbocycles. The summed E-state index contributed by atoms with van der Waals surface area (Å²) < 4.78 is 51.7. The first-order valence-corrected chi connectivity index (χ1v) is 9.45. The second kappa shape index (κ2) is 7.95. The summed E-state index contributed by atoms with van der Waals surface area (Å²) >= 11 is 0. The molecule has 0 N–H and O–H groups in total. The number of methoxy groups -OCH3 is 2. The lowest BCUT2D eigenvalue weighted by Crippen LogP contribution is -2.13. The maximum absolute atomic E-state index is 13.0. The van der Waals surface area contributed by atoms with Gasteiger partial charge in [0.05, 0.1) is 4.90 Å². The molecule has 27 heavy (non-hydrogen) atoms. The Hall–Kier alpha value is -2.62. The minimum absolute atomic E-state index is 0.0290. The van der Waals surface area contributed by atoms with Crippen LogP contribution in [-0.2, 0) is 24.0 Å². The van der Waals surface area contributed by atoms with Crippen LogP contribution in [0.25, 0.3) is 0 Å². The highest BCUT2D eigenvalue weighted by Crippen LogP contribution is 2.44. The van der Waals surface area contributed by atoms with Gasteiger partial charge in [0.25, 0.3) is 0 Å². The molecular formula is C18H18O8S. The van der Waals surface area contributed by atoms with E-state index in [0.29, 0.717) is 0 Å². The van der Waals surface area contributed by atoms with Crippen molar-refractivity contribution in [2.45, 2.75) is 10.3 Å². The van der Waals surface area contributed by atoms with Crippen LogP contribution < -0.4 is 9.47 Å². The molecule has 0 aromatic heterocycles. The van der Waals surface area contributed by atoms with Crippen LogP contribution in [0.2, 0.25) is 0 Å². The summed E-state index contributed by atoms with van der Waals surface area (Å²) in [6.45, 7) is -0.197. The van der Waals surface area contributed by atoms with E-state index in [2.05, 4.69) is 0 Å². The summed E-state index contributed by atoms with van der Waals surface area (Å²) in [4.78, 5) is 12.4. The van der Waals surface area contributed by atoms with E-state index in [-0.39, 0.29) is 41.1 Å². The molecule has 0 saturated heterocycles. The highest BCUT2D eigenvalue weighted by molar-refractivity contribution is 7.91. The van der Waals surface area contributed by atoms with Crippen LogP contribution in [0.15, 0.2) is 47.4 Å². The molecule has 3 rings (SSSR count). The monoisotopic (exact) mass is 394 g/mol. The number of rotatable bonds is 8. The summed E-state index contributed by atoms with van der Waals surface area (Å²) in [5, 5.41) is 0. The van der Waals surface area contributed by atoms with Crippen molar-refractivity contribution in [3.8, 4) is 11.5 Å². The normalized spacial score (nSPS) is 15.9. The number of hydrogen-bond donors (Lipinski definition) is 0. The Morgan fingerprint density at radius 3 is 2.33 bits per heavy atom. The summed E-state index contributed by atoms with van der Waals surface area (Å²) in [7, 11) is -1.10. The zero-order valence-electron chi connectivity index (χ0n) is 14.7. The van der Waals surface area contributed by atoms with Gasteiger partial charge in [0.2, 0.25) is 15.3 Å². The third kappa shape index (κ3) is 3.75. The zero-order valence-corrected chi connectivity index (χ0v) is 15.5. The Morgan fingerprint density at radius 2 is 1.67 bits per heavy atom. The molecule has 1 aliphatic rings. The van der Waals surface area contributed by atoms with E-state index in [1.54, 1.807) is 18.2 Å². The number of benzene rings is 2. The first-order chi connectivity index (χ1) is 13.0. The molecule has 1 aliphatic heterocycles. The van der Waals surface area contributed by atoms with Crippen LogP contribution in [0.4, 0.5) is 0 Å². The van der Waals surface area contributed by atoms with Gasteiger partial charge in [0.15, 0.2) is 13.6 Å². The SMILES string of the molecule is COCOc1cc(OCOC)c2c(c1)C(S(=O)(=O)c1ccccc1)OC2=O. The van der Waals surface area contributed by atoms with Gasteiger partial charge in [-0.15, -0.1) is 0 Å². The molecule has 1 heterocycles. The molecule has 0 fully saturated rings. The average Bonchev–Trinajstić information content (AvgIpc) is 3.02. The number of hydrogen-bond acceptors (Lipinski definition) is 8. The minimum Gasteiger partial charge on any atom is -0.467 e. The van der Waals surface area contributed by atoms with E-state index in [1.807, 2.05) is 0 Å². The lowest BCUT2D eigenvalue weighted by molar-refractivity contribution is 0.0436. The van der Waals surface area contributed by atoms with Gasteiger partial charge in [-0.1, -0.05) is 18.2 Å². The zero-order chi connectivity index (χ0) is 19.4. The third-order valence-electron chi connectivity index (χ3n) is 3.81. The van der Waals surface area contributed by atoms with Gasteiger partial charge in [-0.2, -0.15) is 0 Å². The number of carbonyl (C=O) groups is 1. The molecule has 144 valence electrons. The number of carbonyl (C=O) groups excluding carboxylic acids is 1. The van der Waals surface area contributed by atoms with Crippen LogP contribution in [0.1, 0.15) is 21.4 Å². The van der Waals surface area contributed by atoms with Gasteiger partial charge in [-0.05, 0) is 18.2 Å². The number of cyclic esters (lactones) is 1. The highest BCUT2D eigenvalue weighted by atomic mass is 32.2. The largest absolute Gasteiger partial charge is 0.467 e. The maximum Gasteiger partial charge on any atom is 0.344 e. The van der Waals surface area contributed by atoms with E-state index in [1.165, 1.54) is 38.5 Å². The van der Waals surface area contributed by atoms with Crippen molar-refractivity contribution in [1.82, 2.24) is 0 Å². The Labute approximate surface area is 156 Å². The highest BCUT2D eigenvalue weighted by Gasteiger charge is 2.43. The van der Waals surface area contributed by atoms with Crippen molar-refractivity contribution in [3.05, 3.63) is 53.6 Å². The van der Waals surface area contributed by atoms with Gasteiger partial charge in [0.1, 0.15) is 17.1 Å². The van der Waals surface area contributed by atoms with Crippen LogP contribution >= 0.6 is 0 Å². The number of sulfone groups is 1. The van der Waals surface area contributed by atoms with Crippen LogP contribution in [0, 0.1) is 0 Å². The van der Waals surface area contributed by atoms with Crippen LogP contribution in [0.3, 0.4) is 0 Å². The fraction of sp³-hybridized carbons (Fsp3) is 0.278. The van der Waals surface area contributed by atoms with Gasteiger partial charge < -0.3 is 23.7 Å². The van der Waals surface area contributed by atoms with Crippen LogP contribution in [0.5, 0.6) is 11.5 Å². The van der Waals surface area contributed by atoms with Crippen molar-refractivity contribution in [2.24, 2.45) is 0 Å². The van der Waals surface area contributed by atoms with Gasteiger partial charge in [-0.25, -0.2) is 13.2 Å². The van der Waals surface area contributed by atoms with Crippen LogP contribution in [-0.4, -0.2) is 42.2 Å². The summed E-state index contributed by atoms with van der Waals surface area (Å²) in [6.07, 6.45) is 0. The molecule has 8 nitrogen and oxygen atoms in total. The molecular weight excluding hydrogens is 376 g/mol. The molecule has 0 saturated carbocycles. The van der Waals surface area contributed by atoms with Crippen molar-refractivity contribution >= 4 is 15.8 Å². The van der Waals surface area contributed by atoms with Gasteiger partial charge in [0, 0.05) is 25.8 Å². The summed E-state index contributed by atoms with van der Waals surface area (Å²) in [5.41, 5.74) is -1.33. The standard InChI is InChI=1S/C18H18O8S/c1-22-10-24-12-8-14-16(15(9-12)25-11-23-2)17(19)26-18(14)27(20,21)13-6-4-3-5-7-13/h3-9,18H,10-11H2,1-2H3. The minimum atomic E-state index is -3.98. The smallest absolute Gasteiger partial charge is 0.344 e. The van der Waals surface area contributed by atoms with Crippen molar-refractivity contribution < 1.29 is 36.9 Å². The van der Waals surface area contributed by atoms with Crippen molar-refractivity contribution in [2.75, 3.05) is 27.8 Å². The fourth-order valence-corrected chi connectivity index (χ4v) is 4.16. The quantitative estimate of drug-likeness (QED) is 0.497. The number of ether oxygens (including phenoxy) is 5. The number of esters is 1. The fourth-order valence-electron chi connectivity index (χ4n) is 2.65. The molecule has 2 aromatic rings. The summed E-state index contributed by atoms with van der Waals surface area (Å²) in [6, 6.07) is 10.6. The summed E-state index contributed by atoms with van der Waals surface area (Å²) in [5.74, 6) is -0.414. The molecule has 1 unspecified atom stereocenters. The molecule has 0 spiro atoms. The molecule has 9 heteroatoms. The third-order valence-corrected chi connectivity index (χ3v) is 5.65. The lowest BCUT2D eigenvalue weighted by Gasteiger charge is -2.14. The molecule has 0 aliphatic carbocycles. The second-order valence-corrected chi connectivity index (χ2v) is 7.57. The first-order valence-electron chi connectivity index (χ1n) is 7.90. The average molecular weight is 394 g/mol. The molecule has 0 amide bonds. The van der Waals surface area contributed by atoms with E-state index in [9.17, 15) is 13.2 Å². The lowest BCUT2D eigenvalue weighted by atomic mass is 10.1. The van der Waals surface area contributed by atoms with Gasteiger partial charge in [-0.3, -0.25) is 0 Å². The topological polar surface area (TPSA) is 97.4 Å². The first kappa shape index (κ1) is 19.2. The maximum atomic E-state index is 13.0. The second-order valence-electron chi connectivity index (χ2n) is 5.58. The van der Waals surface area contributed by atoms with E-state index in [0.717, 1.165) is 0 Å². The van der Waals surface area contributed by atoms with Crippen molar-refractivity contribution in [3.63, 3.8) is 0 Å². The molecule has 0 bridgehead atoms. The van der Waals surface area contributed by atoms with E-state index >= 15 is 0 Å². The predicted octanol–water partition coefficient (Wildman–Crippen LogP) is 2.29. The Morgan fingerprint density at radius 1 is 1.00 bits per heavy atom. The van der Waals surface area contributed by atoms with E-state index < -0.39 is 21.2 Å². The Balaban J connectivity index is 2.09. The van der Waals surface area contributed by atoms with E-state index in [4.69, 9.17) is 23.7 Å². The molecule has 1 atom stereocenters. The van der Waals surface area contributed by atoms with Crippen molar-refractivity contribution in [1.29, 1.82) is 0 Å².